The van der Waals surface area contributed by atoms with Crippen molar-refractivity contribution in [2.45, 2.75) is 62.4 Å². The van der Waals surface area contributed by atoms with Crippen LogP contribution in [0.15, 0.2) is 30.3 Å². The first-order chi connectivity index (χ1) is 14.5. The number of ether oxygens (including phenoxy) is 2. The Morgan fingerprint density at radius 1 is 1.10 bits per heavy atom. The minimum atomic E-state index is -1.09. The van der Waals surface area contributed by atoms with E-state index in [1.807, 2.05) is 6.07 Å². The van der Waals surface area contributed by atoms with Gasteiger partial charge < -0.3 is 24.8 Å². The lowest BCUT2D eigenvalue weighted by Crippen LogP contribution is -2.47. The molecule has 1 saturated heterocycles. The van der Waals surface area contributed by atoms with Crippen molar-refractivity contribution < 1.29 is 24.8 Å². The summed E-state index contributed by atoms with van der Waals surface area (Å²) in [6.45, 7) is 0.212. The molecule has 5 rings (SSSR count). The molecule has 6 heteroatoms. The van der Waals surface area contributed by atoms with Gasteiger partial charge in [0.25, 0.3) is 0 Å². The van der Waals surface area contributed by atoms with E-state index in [2.05, 4.69) is 24.3 Å². The van der Waals surface area contributed by atoms with Gasteiger partial charge in [-0.05, 0) is 47.4 Å². The molecule has 1 saturated carbocycles. The Balaban J connectivity index is 1.47. The first kappa shape index (κ1) is 20.3. The Hall–Kier alpha value is -1.63. The van der Waals surface area contributed by atoms with Gasteiger partial charge in [0, 0.05) is 18.4 Å². The Morgan fingerprint density at radius 2 is 1.87 bits per heavy atom. The zero-order chi connectivity index (χ0) is 20.8. The van der Waals surface area contributed by atoms with Crippen LogP contribution < -0.4 is 4.74 Å². The van der Waals surface area contributed by atoms with E-state index in [1.165, 1.54) is 24.0 Å². The molecule has 2 heterocycles. The smallest absolute Gasteiger partial charge is 0.141 e. The van der Waals surface area contributed by atoms with Crippen molar-refractivity contribution in [2.24, 2.45) is 0 Å². The Bertz CT molecular complexity index is 924. The van der Waals surface area contributed by atoms with E-state index in [1.54, 1.807) is 0 Å². The summed E-state index contributed by atoms with van der Waals surface area (Å²) in [4.78, 5) is 0. The van der Waals surface area contributed by atoms with Gasteiger partial charge >= 0.3 is 0 Å². The van der Waals surface area contributed by atoms with Gasteiger partial charge in [-0.2, -0.15) is 0 Å². The second-order valence-corrected chi connectivity index (χ2v) is 9.06. The standard InChI is InChI=1S/C24H27ClO5/c25-22-16(9-13-1-3-14(4-2-13)15-5-6-15)10-18(17-7-8-29-24(17)22)20-11-19(27)23(28)21(12-26)30-20/h1-4,10,15,19-21,23,26-28H,5-9,11-12H2/t19-,20-,21-,23-/m1/s1. The Morgan fingerprint density at radius 3 is 2.57 bits per heavy atom. The third-order valence-electron chi connectivity index (χ3n) is 6.55. The summed E-state index contributed by atoms with van der Waals surface area (Å²) in [5.74, 6) is 1.43. The highest BCUT2D eigenvalue weighted by molar-refractivity contribution is 6.33. The van der Waals surface area contributed by atoms with Crippen LogP contribution in [0.1, 0.15) is 59.1 Å². The molecule has 0 radical (unpaired) electrons. The van der Waals surface area contributed by atoms with Crippen LogP contribution in [0.3, 0.4) is 0 Å². The normalized spacial score (nSPS) is 28.3. The van der Waals surface area contributed by atoms with Gasteiger partial charge in [0.2, 0.25) is 0 Å². The van der Waals surface area contributed by atoms with Crippen LogP contribution >= 0.6 is 11.6 Å². The summed E-state index contributed by atoms with van der Waals surface area (Å²) < 4.78 is 11.8. The largest absolute Gasteiger partial charge is 0.491 e. The van der Waals surface area contributed by atoms with Gasteiger partial charge in [-0.3, -0.25) is 0 Å². The van der Waals surface area contributed by atoms with Crippen molar-refractivity contribution in [3.8, 4) is 5.75 Å². The number of halogens is 1. The molecule has 2 aliphatic heterocycles. The highest BCUT2D eigenvalue weighted by Crippen LogP contribution is 2.45. The number of aliphatic hydroxyl groups is 3. The Labute approximate surface area is 181 Å². The zero-order valence-corrected chi connectivity index (χ0v) is 17.5. The number of hydrogen-bond acceptors (Lipinski definition) is 5. The Kier molecular flexibility index (Phi) is 5.50. The first-order valence-corrected chi connectivity index (χ1v) is 11.1. The fourth-order valence-electron chi connectivity index (χ4n) is 4.68. The molecule has 0 unspecified atom stereocenters. The molecule has 2 fully saturated rings. The topological polar surface area (TPSA) is 79.2 Å². The van der Waals surface area contributed by atoms with Crippen LogP contribution in [-0.2, 0) is 17.6 Å². The maximum Gasteiger partial charge on any atom is 0.141 e. The zero-order valence-electron chi connectivity index (χ0n) is 16.8. The molecule has 3 N–H and O–H groups in total. The summed E-state index contributed by atoms with van der Waals surface area (Å²) in [6.07, 6.45) is 0.954. The summed E-state index contributed by atoms with van der Waals surface area (Å²) in [5, 5.41) is 30.6. The predicted molar refractivity (Wildman–Crippen MR) is 113 cm³/mol. The lowest BCUT2D eigenvalue weighted by atomic mass is 9.88. The second kappa shape index (κ2) is 8.13. The molecule has 3 aliphatic rings. The third-order valence-corrected chi connectivity index (χ3v) is 6.97. The van der Waals surface area contributed by atoms with Crippen LogP contribution in [-0.4, -0.2) is 46.8 Å². The summed E-state index contributed by atoms with van der Waals surface area (Å²) in [7, 11) is 0. The molecule has 2 aromatic carbocycles. The first-order valence-electron chi connectivity index (χ1n) is 10.7. The molecule has 160 valence electrons. The van der Waals surface area contributed by atoms with Crippen molar-refractivity contribution in [1.82, 2.24) is 0 Å². The van der Waals surface area contributed by atoms with Crippen molar-refractivity contribution in [1.29, 1.82) is 0 Å². The summed E-state index contributed by atoms with van der Waals surface area (Å²) >= 11 is 6.72. The number of fused-ring (bicyclic) bond motifs is 1. The number of rotatable bonds is 5. The van der Waals surface area contributed by atoms with Gasteiger partial charge in [-0.25, -0.2) is 0 Å². The molecule has 5 nitrogen and oxygen atoms in total. The van der Waals surface area contributed by atoms with Gasteiger partial charge in [-0.15, -0.1) is 0 Å². The quantitative estimate of drug-likeness (QED) is 0.678. The van der Waals surface area contributed by atoms with E-state index >= 15 is 0 Å². The van der Waals surface area contributed by atoms with E-state index in [0.29, 0.717) is 23.8 Å². The minimum absolute atomic E-state index is 0.265. The SMILES string of the molecule is OC[C@H]1O[C@@H](c2cc(Cc3ccc(C4CC4)cc3)c(Cl)c3c2CCO3)C[C@@H](O)[C@H]1O. The number of benzene rings is 2. The highest BCUT2D eigenvalue weighted by atomic mass is 35.5. The lowest BCUT2D eigenvalue weighted by Gasteiger charge is -2.37. The molecule has 0 spiro atoms. The van der Waals surface area contributed by atoms with Crippen LogP contribution in [0, 0.1) is 0 Å². The molecule has 30 heavy (non-hydrogen) atoms. The van der Waals surface area contributed by atoms with E-state index in [-0.39, 0.29) is 13.0 Å². The lowest BCUT2D eigenvalue weighted by molar-refractivity contribution is -0.181. The van der Waals surface area contributed by atoms with Gasteiger partial charge in [-0.1, -0.05) is 41.9 Å². The predicted octanol–water partition coefficient (Wildman–Crippen LogP) is 3.29. The maximum absolute atomic E-state index is 10.3. The molecule has 0 aromatic heterocycles. The van der Waals surface area contributed by atoms with Crippen LogP contribution in [0.25, 0.3) is 0 Å². The summed E-state index contributed by atoms with van der Waals surface area (Å²) in [5.41, 5.74) is 5.47. The molecule has 2 aromatic rings. The minimum Gasteiger partial charge on any atom is -0.491 e. The second-order valence-electron chi connectivity index (χ2n) is 8.68. The molecular formula is C24H27ClO5. The van der Waals surface area contributed by atoms with Crippen LogP contribution in [0.5, 0.6) is 5.75 Å². The number of aliphatic hydroxyl groups excluding tert-OH is 3. The van der Waals surface area contributed by atoms with Crippen molar-refractivity contribution >= 4 is 11.6 Å². The van der Waals surface area contributed by atoms with Crippen molar-refractivity contribution in [3.05, 3.63) is 63.2 Å². The van der Waals surface area contributed by atoms with E-state index in [4.69, 9.17) is 21.1 Å². The summed E-state index contributed by atoms with van der Waals surface area (Å²) in [6, 6.07) is 10.8. The highest BCUT2D eigenvalue weighted by Gasteiger charge is 2.39. The van der Waals surface area contributed by atoms with Gasteiger partial charge in [0.05, 0.1) is 30.4 Å². The molecular weight excluding hydrogens is 404 g/mol. The number of hydrogen-bond donors (Lipinski definition) is 3. The molecule has 4 atom stereocenters. The molecule has 1 aliphatic carbocycles. The van der Waals surface area contributed by atoms with Crippen LogP contribution in [0.2, 0.25) is 5.02 Å². The average molecular weight is 431 g/mol. The molecule has 0 bridgehead atoms. The molecule has 0 amide bonds. The van der Waals surface area contributed by atoms with E-state index < -0.39 is 24.4 Å². The third kappa shape index (κ3) is 3.74. The average Bonchev–Trinajstić information content (AvgIpc) is 3.48. The van der Waals surface area contributed by atoms with Gasteiger partial charge in [0.15, 0.2) is 0 Å². The van der Waals surface area contributed by atoms with Crippen molar-refractivity contribution in [3.63, 3.8) is 0 Å². The van der Waals surface area contributed by atoms with Crippen molar-refractivity contribution in [2.75, 3.05) is 13.2 Å². The van der Waals surface area contributed by atoms with E-state index in [9.17, 15) is 15.3 Å². The maximum atomic E-state index is 10.3. The fraction of sp³-hybridized carbons (Fsp3) is 0.500. The monoisotopic (exact) mass is 430 g/mol. The van der Waals surface area contributed by atoms with E-state index in [0.717, 1.165) is 29.0 Å². The fourth-order valence-corrected chi connectivity index (χ4v) is 4.97. The van der Waals surface area contributed by atoms with Gasteiger partial charge in [0.1, 0.15) is 18.0 Å². The van der Waals surface area contributed by atoms with Crippen LogP contribution in [0.4, 0.5) is 0 Å².